The third kappa shape index (κ3) is 9.78. The van der Waals surface area contributed by atoms with E-state index in [2.05, 4.69) is 27.5 Å². The molecule has 0 fully saturated rings. The number of rotatable bonds is 10. The summed E-state index contributed by atoms with van der Waals surface area (Å²) in [6.07, 6.45) is 7.70. The Hall–Kier alpha value is -4.00. The minimum Gasteiger partial charge on any atom is -0.359 e. The summed E-state index contributed by atoms with van der Waals surface area (Å²) in [5, 5.41) is 8.83. The number of aromatic nitrogens is 1. The van der Waals surface area contributed by atoms with Gasteiger partial charge in [0.05, 0.1) is 5.69 Å². The van der Waals surface area contributed by atoms with Crippen LogP contribution in [0.1, 0.15) is 38.3 Å². The van der Waals surface area contributed by atoms with Gasteiger partial charge in [0.2, 0.25) is 11.8 Å². The van der Waals surface area contributed by atoms with Gasteiger partial charge in [-0.3, -0.25) is 14.6 Å². The highest BCUT2D eigenvalue weighted by Gasteiger charge is 2.07. The smallest absolute Gasteiger partial charge is 0.243 e. The number of carbonyl (C=O) groups is 3. The van der Waals surface area contributed by atoms with Crippen LogP contribution in [0.15, 0.2) is 67.0 Å². The predicted molar refractivity (Wildman–Crippen MR) is 134 cm³/mol. The van der Waals surface area contributed by atoms with Gasteiger partial charge in [-0.1, -0.05) is 30.9 Å². The van der Waals surface area contributed by atoms with Gasteiger partial charge in [-0.15, -0.1) is 0 Å². The third-order valence-electron chi connectivity index (χ3n) is 4.43. The number of allylic oxidation sites excluding steroid dienone is 1. The molecule has 0 atom stereocenters. The maximum Gasteiger partial charge on any atom is 0.243 e. The van der Waals surface area contributed by atoms with Crippen molar-refractivity contribution in [1.29, 1.82) is 0 Å². The van der Waals surface area contributed by atoms with E-state index in [1.807, 2.05) is 63.1 Å². The van der Waals surface area contributed by atoms with Crippen LogP contribution in [-0.2, 0) is 14.4 Å². The van der Waals surface area contributed by atoms with E-state index < -0.39 is 0 Å². The van der Waals surface area contributed by atoms with Crippen LogP contribution < -0.4 is 16.0 Å². The summed E-state index contributed by atoms with van der Waals surface area (Å²) in [7, 11) is 0. The van der Waals surface area contributed by atoms with E-state index in [1.54, 1.807) is 12.3 Å². The first-order chi connectivity index (χ1) is 15.9. The third-order valence-corrected chi connectivity index (χ3v) is 4.43. The maximum absolute atomic E-state index is 11.7. The van der Waals surface area contributed by atoms with E-state index in [0.717, 1.165) is 33.8 Å². The predicted octanol–water partition coefficient (Wildman–Crippen LogP) is 3.70. The highest BCUT2D eigenvalue weighted by Crippen LogP contribution is 2.23. The van der Waals surface area contributed by atoms with Crippen molar-refractivity contribution in [3.8, 4) is 11.3 Å². The Labute approximate surface area is 195 Å². The summed E-state index contributed by atoms with van der Waals surface area (Å²) in [6, 6.07) is 11.8. The van der Waals surface area contributed by atoms with E-state index >= 15 is 0 Å². The molecule has 1 aromatic carbocycles. The number of benzene rings is 1. The minimum absolute atomic E-state index is 0.0547. The lowest BCUT2D eigenvalue weighted by Crippen LogP contribution is -2.23. The molecule has 0 aliphatic heterocycles. The molecule has 0 bridgehead atoms. The fraction of sp³-hybridized carbons (Fsp3) is 0.231. The minimum atomic E-state index is -0.115. The van der Waals surface area contributed by atoms with E-state index in [9.17, 15) is 9.59 Å². The molecule has 33 heavy (non-hydrogen) atoms. The van der Waals surface area contributed by atoms with Crippen molar-refractivity contribution in [1.82, 2.24) is 20.9 Å². The van der Waals surface area contributed by atoms with Crippen molar-refractivity contribution in [3.63, 3.8) is 0 Å². The topological polar surface area (TPSA) is 100 Å². The first-order valence-electron chi connectivity index (χ1n) is 10.6. The van der Waals surface area contributed by atoms with Crippen LogP contribution >= 0.6 is 0 Å². The molecule has 0 spiro atoms. The fourth-order valence-corrected chi connectivity index (χ4v) is 2.92. The lowest BCUT2D eigenvalue weighted by molar-refractivity contribution is -0.119. The molecule has 0 aliphatic rings. The molecule has 2 aromatic rings. The van der Waals surface area contributed by atoms with Crippen LogP contribution in [0, 0.1) is 0 Å². The zero-order chi connectivity index (χ0) is 24.6. The van der Waals surface area contributed by atoms with E-state index in [-0.39, 0.29) is 11.8 Å². The summed E-state index contributed by atoms with van der Waals surface area (Å²) in [6.45, 7) is 12.5. The standard InChI is InChI=1S/C25H30N4O2.CH2O/c1-5-23(29-18(3)12-14-27-19(4)30)22-13-15-28-24(17-22)21-9-7-8-20(16-21)10-11-25(31)26-6-2;1-2/h5,7-11,13,15-17,29H,3,6,12,14H2,1-2,4H3,(H,26,31)(H,27,30);1H2/b11-10+,23-5-;. The lowest BCUT2D eigenvalue weighted by Gasteiger charge is -2.14. The second-order valence-corrected chi connectivity index (χ2v) is 6.95. The Balaban J connectivity index is 0.00000265. The molecule has 2 amide bonds. The number of pyridine rings is 1. The molecule has 0 saturated carbocycles. The Morgan fingerprint density at radius 1 is 1.12 bits per heavy atom. The molecule has 0 unspecified atom stereocenters. The molecule has 7 nitrogen and oxygen atoms in total. The quantitative estimate of drug-likeness (QED) is 0.481. The number of hydrogen-bond acceptors (Lipinski definition) is 5. The summed E-state index contributed by atoms with van der Waals surface area (Å²) in [5.74, 6) is -0.170. The van der Waals surface area contributed by atoms with E-state index in [1.165, 1.54) is 13.0 Å². The average molecular weight is 449 g/mol. The number of carbonyl (C=O) groups excluding carboxylic acids is 3. The van der Waals surface area contributed by atoms with Gasteiger partial charge in [0.15, 0.2) is 0 Å². The molecule has 174 valence electrons. The first-order valence-corrected chi connectivity index (χ1v) is 10.6. The van der Waals surface area contributed by atoms with Crippen LogP contribution in [0.4, 0.5) is 0 Å². The average Bonchev–Trinajstić information content (AvgIpc) is 2.83. The molecule has 2 rings (SSSR count). The fourth-order valence-electron chi connectivity index (χ4n) is 2.92. The van der Waals surface area contributed by atoms with Gasteiger partial charge in [0.25, 0.3) is 0 Å². The molecule has 0 aliphatic carbocycles. The second-order valence-electron chi connectivity index (χ2n) is 6.95. The zero-order valence-corrected chi connectivity index (χ0v) is 19.5. The molecule has 7 heteroatoms. The Kier molecular flexibility index (Phi) is 12.2. The number of nitrogens with zero attached hydrogens (tertiary/aromatic N) is 1. The number of likely N-dealkylation sites (N-methyl/N-ethyl adjacent to an activating group) is 1. The van der Waals surface area contributed by atoms with Gasteiger partial charge in [0, 0.05) is 61.2 Å². The summed E-state index contributed by atoms with van der Waals surface area (Å²) < 4.78 is 0. The molecule has 0 radical (unpaired) electrons. The Morgan fingerprint density at radius 3 is 2.55 bits per heavy atom. The highest BCUT2D eigenvalue weighted by molar-refractivity contribution is 5.91. The van der Waals surface area contributed by atoms with Crippen molar-refractivity contribution in [2.45, 2.75) is 27.2 Å². The zero-order valence-electron chi connectivity index (χ0n) is 19.5. The molecule has 0 saturated heterocycles. The second kappa shape index (κ2) is 14.9. The van der Waals surface area contributed by atoms with Gasteiger partial charge >= 0.3 is 0 Å². The Bertz CT molecular complexity index is 1010. The molecule has 1 heterocycles. The van der Waals surface area contributed by atoms with Crippen LogP contribution in [0.5, 0.6) is 0 Å². The maximum atomic E-state index is 11.7. The van der Waals surface area contributed by atoms with Gasteiger partial charge < -0.3 is 20.7 Å². The molecular formula is C26H32N4O3. The van der Waals surface area contributed by atoms with Crippen molar-refractivity contribution >= 4 is 30.4 Å². The van der Waals surface area contributed by atoms with Gasteiger partial charge in [-0.05, 0) is 43.7 Å². The van der Waals surface area contributed by atoms with Crippen LogP contribution in [0.25, 0.3) is 23.0 Å². The summed E-state index contributed by atoms with van der Waals surface area (Å²) in [5.41, 5.74) is 5.43. The normalized spacial score (nSPS) is 10.7. The first kappa shape index (κ1) is 27.0. The van der Waals surface area contributed by atoms with E-state index in [4.69, 9.17) is 4.79 Å². The summed E-state index contributed by atoms with van der Waals surface area (Å²) >= 11 is 0. The van der Waals surface area contributed by atoms with Crippen molar-refractivity contribution < 1.29 is 14.4 Å². The Morgan fingerprint density at radius 2 is 1.88 bits per heavy atom. The largest absolute Gasteiger partial charge is 0.359 e. The van der Waals surface area contributed by atoms with Crippen LogP contribution in [0.2, 0.25) is 0 Å². The number of hydrogen-bond donors (Lipinski definition) is 3. The van der Waals surface area contributed by atoms with Crippen molar-refractivity contribution in [2.75, 3.05) is 13.1 Å². The van der Waals surface area contributed by atoms with Crippen molar-refractivity contribution in [2.24, 2.45) is 0 Å². The van der Waals surface area contributed by atoms with Gasteiger partial charge in [0.1, 0.15) is 6.79 Å². The molecular weight excluding hydrogens is 416 g/mol. The van der Waals surface area contributed by atoms with Gasteiger partial charge in [-0.2, -0.15) is 0 Å². The number of nitrogens with one attached hydrogen (secondary N) is 3. The monoisotopic (exact) mass is 448 g/mol. The SMILES string of the molecule is C=C(CCNC(C)=O)N/C(=C\C)c1ccnc(-c2cccc(/C=C/C(=O)NCC)c2)c1.C=O. The van der Waals surface area contributed by atoms with Gasteiger partial charge in [-0.25, -0.2) is 0 Å². The van der Waals surface area contributed by atoms with Crippen LogP contribution in [0.3, 0.4) is 0 Å². The molecule has 3 N–H and O–H groups in total. The molecule has 1 aromatic heterocycles. The van der Waals surface area contributed by atoms with E-state index in [0.29, 0.717) is 19.5 Å². The summed E-state index contributed by atoms with van der Waals surface area (Å²) in [4.78, 5) is 35.2. The van der Waals surface area contributed by atoms with Crippen LogP contribution in [-0.4, -0.2) is 36.7 Å². The number of amides is 2. The highest BCUT2D eigenvalue weighted by atomic mass is 16.2. The lowest BCUT2D eigenvalue weighted by atomic mass is 10.0. The van der Waals surface area contributed by atoms with Crippen molar-refractivity contribution in [3.05, 3.63) is 78.1 Å².